The topological polar surface area (TPSA) is 48.0 Å². The second kappa shape index (κ2) is 7.30. The number of ether oxygens (including phenoxy) is 3. The first-order valence-corrected chi connectivity index (χ1v) is 8.79. The van der Waals surface area contributed by atoms with E-state index in [1.807, 2.05) is 18.2 Å². The molecule has 1 aliphatic heterocycles. The van der Waals surface area contributed by atoms with E-state index in [2.05, 4.69) is 0 Å². The van der Waals surface area contributed by atoms with Crippen molar-refractivity contribution in [3.63, 3.8) is 0 Å². The zero-order chi connectivity index (χ0) is 17.2. The Kier molecular flexibility index (Phi) is 5.33. The van der Waals surface area contributed by atoms with Crippen LogP contribution in [0.5, 0.6) is 5.75 Å². The SMILES string of the molecule is COc1ccc2c(c1)CCN(C(C)=O)C2OCOC1(Cl)CCCC1. The third kappa shape index (κ3) is 3.68. The lowest BCUT2D eigenvalue weighted by Crippen LogP contribution is -2.40. The van der Waals surface area contributed by atoms with Crippen molar-refractivity contribution in [2.75, 3.05) is 20.4 Å². The molecule has 0 bridgehead atoms. The molecule has 1 saturated carbocycles. The Morgan fingerprint density at radius 2 is 2.12 bits per heavy atom. The molecule has 132 valence electrons. The summed E-state index contributed by atoms with van der Waals surface area (Å²) in [6, 6.07) is 5.85. The molecule has 1 aromatic rings. The van der Waals surface area contributed by atoms with Crippen LogP contribution in [0.1, 0.15) is 50.0 Å². The average molecular weight is 354 g/mol. The number of fused-ring (bicyclic) bond motifs is 1. The number of carbonyl (C=O) groups is 1. The van der Waals surface area contributed by atoms with Gasteiger partial charge in [0, 0.05) is 19.0 Å². The number of benzene rings is 1. The van der Waals surface area contributed by atoms with Crippen molar-refractivity contribution in [2.45, 2.75) is 50.3 Å². The highest BCUT2D eigenvalue weighted by Crippen LogP contribution is 2.38. The van der Waals surface area contributed by atoms with Gasteiger partial charge in [0.05, 0.1) is 7.11 Å². The Morgan fingerprint density at radius 1 is 1.38 bits per heavy atom. The van der Waals surface area contributed by atoms with Gasteiger partial charge in [0.1, 0.15) is 10.8 Å². The third-order valence-electron chi connectivity index (χ3n) is 4.82. The van der Waals surface area contributed by atoms with Crippen LogP contribution in [0.2, 0.25) is 0 Å². The standard InChI is InChI=1S/C18H24ClNO4/c1-13(21)20-10-7-14-11-15(22-2)5-6-16(14)17(20)23-12-24-18(19)8-3-4-9-18/h5-6,11,17H,3-4,7-10,12H2,1-2H3. The predicted octanol–water partition coefficient (Wildman–Crippen LogP) is 3.60. The first-order chi connectivity index (χ1) is 11.5. The summed E-state index contributed by atoms with van der Waals surface area (Å²) >= 11 is 6.43. The molecule has 24 heavy (non-hydrogen) atoms. The predicted molar refractivity (Wildman–Crippen MR) is 90.9 cm³/mol. The minimum Gasteiger partial charge on any atom is -0.497 e. The van der Waals surface area contributed by atoms with Gasteiger partial charge in [-0.3, -0.25) is 4.79 Å². The number of methoxy groups -OCH3 is 1. The van der Waals surface area contributed by atoms with Gasteiger partial charge in [0.15, 0.2) is 13.0 Å². The van der Waals surface area contributed by atoms with Gasteiger partial charge in [-0.2, -0.15) is 0 Å². The molecule has 2 aliphatic rings. The van der Waals surface area contributed by atoms with Gasteiger partial charge < -0.3 is 19.1 Å². The fourth-order valence-electron chi connectivity index (χ4n) is 3.45. The number of nitrogens with zero attached hydrogens (tertiary/aromatic N) is 1. The van der Waals surface area contributed by atoms with E-state index < -0.39 is 11.3 Å². The molecule has 1 aliphatic carbocycles. The zero-order valence-electron chi connectivity index (χ0n) is 14.2. The lowest BCUT2D eigenvalue weighted by atomic mass is 9.97. The average Bonchev–Trinajstić information content (AvgIpc) is 3.00. The van der Waals surface area contributed by atoms with Crippen LogP contribution in [-0.2, 0) is 20.7 Å². The Morgan fingerprint density at radius 3 is 2.79 bits per heavy atom. The third-order valence-corrected chi connectivity index (χ3v) is 5.31. The number of amides is 1. The van der Waals surface area contributed by atoms with Crippen molar-refractivity contribution in [1.82, 2.24) is 4.90 Å². The molecule has 1 unspecified atom stereocenters. The second-order valence-electron chi connectivity index (χ2n) is 6.40. The van der Waals surface area contributed by atoms with Crippen LogP contribution in [-0.4, -0.2) is 36.3 Å². The van der Waals surface area contributed by atoms with Crippen LogP contribution in [0.25, 0.3) is 0 Å². The van der Waals surface area contributed by atoms with E-state index in [0.717, 1.165) is 49.0 Å². The number of rotatable bonds is 5. The van der Waals surface area contributed by atoms with Gasteiger partial charge in [0.25, 0.3) is 0 Å². The number of alkyl halides is 1. The number of carbonyl (C=O) groups excluding carboxylic acids is 1. The van der Waals surface area contributed by atoms with Gasteiger partial charge in [0.2, 0.25) is 5.91 Å². The molecule has 1 aromatic carbocycles. The van der Waals surface area contributed by atoms with E-state index in [1.54, 1.807) is 18.9 Å². The minimum absolute atomic E-state index is 0.0112. The fourth-order valence-corrected chi connectivity index (χ4v) is 3.76. The van der Waals surface area contributed by atoms with Crippen molar-refractivity contribution in [1.29, 1.82) is 0 Å². The van der Waals surface area contributed by atoms with Crippen LogP contribution in [0.15, 0.2) is 18.2 Å². The molecule has 6 heteroatoms. The molecular formula is C18H24ClNO4. The van der Waals surface area contributed by atoms with E-state index in [4.69, 9.17) is 25.8 Å². The van der Waals surface area contributed by atoms with Crippen molar-refractivity contribution in [2.24, 2.45) is 0 Å². The summed E-state index contributed by atoms with van der Waals surface area (Å²) in [6.07, 6.45) is 4.18. The number of hydrogen-bond acceptors (Lipinski definition) is 4. The van der Waals surface area contributed by atoms with Crippen LogP contribution in [0.3, 0.4) is 0 Å². The molecule has 0 N–H and O–H groups in total. The molecule has 0 saturated heterocycles. The van der Waals surface area contributed by atoms with Gasteiger partial charge in [-0.05, 0) is 49.8 Å². The summed E-state index contributed by atoms with van der Waals surface area (Å²) in [4.78, 5) is 13.7. The van der Waals surface area contributed by atoms with E-state index in [9.17, 15) is 4.79 Å². The van der Waals surface area contributed by atoms with Crippen LogP contribution in [0.4, 0.5) is 0 Å². The van der Waals surface area contributed by atoms with Crippen molar-refractivity contribution >= 4 is 17.5 Å². The van der Waals surface area contributed by atoms with Crippen molar-refractivity contribution < 1.29 is 19.0 Å². The normalized spacial score (nSPS) is 22.3. The van der Waals surface area contributed by atoms with Crippen LogP contribution in [0, 0.1) is 0 Å². The molecule has 0 spiro atoms. The monoisotopic (exact) mass is 353 g/mol. The van der Waals surface area contributed by atoms with Crippen molar-refractivity contribution in [3.05, 3.63) is 29.3 Å². The minimum atomic E-state index is -0.613. The maximum Gasteiger partial charge on any atom is 0.221 e. The summed E-state index contributed by atoms with van der Waals surface area (Å²) in [5.41, 5.74) is 2.12. The van der Waals surface area contributed by atoms with E-state index >= 15 is 0 Å². The molecule has 0 aromatic heterocycles. The summed E-state index contributed by atoms with van der Waals surface area (Å²) in [7, 11) is 1.65. The molecule has 1 fully saturated rings. The molecular weight excluding hydrogens is 330 g/mol. The van der Waals surface area contributed by atoms with E-state index in [-0.39, 0.29) is 12.7 Å². The zero-order valence-corrected chi connectivity index (χ0v) is 15.0. The highest BCUT2D eigenvalue weighted by molar-refractivity contribution is 6.23. The Balaban J connectivity index is 1.73. The van der Waals surface area contributed by atoms with Gasteiger partial charge in [-0.15, -0.1) is 0 Å². The van der Waals surface area contributed by atoms with E-state index in [1.165, 1.54) is 0 Å². The summed E-state index contributed by atoms with van der Waals surface area (Å²) in [6.45, 7) is 2.25. The molecule has 3 rings (SSSR count). The second-order valence-corrected chi connectivity index (χ2v) is 7.09. The van der Waals surface area contributed by atoms with Crippen molar-refractivity contribution in [3.8, 4) is 5.75 Å². The van der Waals surface area contributed by atoms with Crippen LogP contribution >= 0.6 is 11.6 Å². The lowest BCUT2D eigenvalue weighted by Gasteiger charge is -2.37. The largest absolute Gasteiger partial charge is 0.497 e. The Labute approximate surface area is 147 Å². The van der Waals surface area contributed by atoms with E-state index in [0.29, 0.717) is 6.54 Å². The molecule has 1 amide bonds. The summed E-state index contributed by atoms with van der Waals surface area (Å²) < 4.78 is 17.0. The van der Waals surface area contributed by atoms with Gasteiger partial charge >= 0.3 is 0 Å². The first kappa shape index (κ1) is 17.5. The number of hydrogen-bond donors (Lipinski definition) is 0. The number of halogens is 1. The molecule has 1 heterocycles. The maximum absolute atomic E-state index is 12.0. The highest BCUT2D eigenvalue weighted by Gasteiger charge is 2.34. The van der Waals surface area contributed by atoms with Crippen LogP contribution < -0.4 is 4.74 Å². The highest BCUT2D eigenvalue weighted by atomic mass is 35.5. The molecule has 1 atom stereocenters. The Hall–Kier alpha value is -1.30. The van der Waals surface area contributed by atoms with Gasteiger partial charge in [-0.25, -0.2) is 0 Å². The van der Waals surface area contributed by atoms with Gasteiger partial charge in [-0.1, -0.05) is 17.7 Å². The quantitative estimate of drug-likeness (QED) is 0.599. The first-order valence-electron chi connectivity index (χ1n) is 8.41. The molecule has 0 radical (unpaired) electrons. The smallest absolute Gasteiger partial charge is 0.221 e. The summed E-state index contributed by atoms with van der Waals surface area (Å²) in [5.74, 6) is 0.800. The maximum atomic E-state index is 12.0. The summed E-state index contributed by atoms with van der Waals surface area (Å²) in [5, 5.41) is -0.613. The molecule has 5 nitrogen and oxygen atoms in total. The lowest BCUT2D eigenvalue weighted by molar-refractivity contribution is -0.181. The Bertz CT molecular complexity index is 601. The fraction of sp³-hybridized carbons (Fsp3) is 0.611.